The predicted molar refractivity (Wildman–Crippen MR) is 105 cm³/mol. The molecule has 1 aliphatic rings. The Kier molecular flexibility index (Phi) is 3.78. The number of carbonyl (C=O) groups excluding carboxylic acids is 1. The fourth-order valence-corrected chi connectivity index (χ4v) is 3.70. The molecule has 0 atom stereocenters. The van der Waals surface area contributed by atoms with Crippen molar-refractivity contribution < 1.29 is 4.79 Å². The van der Waals surface area contributed by atoms with Crippen molar-refractivity contribution in [1.82, 2.24) is 25.1 Å². The van der Waals surface area contributed by atoms with Crippen molar-refractivity contribution in [3.63, 3.8) is 0 Å². The van der Waals surface area contributed by atoms with E-state index < -0.39 is 0 Å². The van der Waals surface area contributed by atoms with Gasteiger partial charge in [0, 0.05) is 31.6 Å². The highest BCUT2D eigenvalue weighted by Gasteiger charge is 2.24. The van der Waals surface area contributed by atoms with Gasteiger partial charge in [-0.25, -0.2) is 4.98 Å². The maximum Gasteiger partial charge on any atom is 0.275 e. The molecule has 1 aliphatic heterocycles. The number of aromatic amines is 2. The van der Waals surface area contributed by atoms with Crippen LogP contribution in [0, 0.1) is 0 Å². The van der Waals surface area contributed by atoms with E-state index in [1.807, 2.05) is 53.4 Å². The van der Waals surface area contributed by atoms with Crippen molar-refractivity contribution in [3.8, 4) is 0 Å². The number of anilines is 1. The second-order valence-corrected chi connectivity index (χ2v) is 6.83. The van der Waals surface area contributed by atoms with Crippen LogP contribution in [0.15, 0.2) is 48.5 Å². The Hall–Kier alpha value is -3.35. The average molecular weight is 360 g/mol. The quantitative estimate of drug-likeness (QED) is 0.576. The van der Waals surface area contributed by atoms with Gasteiger partial charge in [0.2, 0.25) is 5.95 Å². The minimum absolute atomic E-state index is 0.0149. The predicted octanol–water partition coefficient (Wildman–Crippen LogP) is 2.79. The number of fused-ring (bicyclic) bond motifs is 2. The lowest BCUT2D eigenvalue weighted by Crippen LogP contribution is -2.35. The van der Waals surface area contributed by atoms with Crippen LogP contribution in [0.4, 0.5) is 5.95 Å². The number of para-hydroxylation sites is 3. The van der Waals surface area contributed by atoms with Crippen LogP contribution in [0.2, 0.25) is 0 Å². The topological polar surface area (TPSA) is 80.9 Å². The minimum Gasteiger partial charge on any atom is -0.341 e. The van der Waals surface area contributed by atoms with Crippen molar-refractivity contribution in [2.24, 2.45) is 0 Å². The molecule has 0 bridgehead atoms. The van der Waals surface area contributed by atoms with Gasteiger partial charge in [0.05, 0.1) is 16.6 Å². The molecular formula is C20H20N6O. The number of hydrogen-bond acceptors (Lipinski definition) is 4. The highest BCUT2D eigenvalue weighted by Crippen LogP contribution is 2.20. The second kappa shape index (κ2) is 6.42. The molecule has 3 heterocycles. The van der Waals surface area contributed by atoms with Crippen molar-refractivity contribution in [3.05, 3.63) is 54.2 Å². The molecule has 1 amide bonds. The first kappa shape index (κ1) is 15.9. The number of nitrogens with one attached hydrogen (secondary N) is 2. The number of imidazole rings is 1. The zero-order valence-corrected chi connectivity index (χ0v) is 14.9. The number of aromatic nitrogens is 4. The molecule has 1 saturated heterocycles. The Morgan fingerprint density at radius 3 is 2.63 bits per heavy atom. The largest absolute Gasteiger partial charge is 0.341 e. The van der Waals surface area contributed by atoms with E-state index in [-0.39, 0.29) is 5.91 Å². The summed E-state index contributed by atoms with van der Waals surface area (Å²) in [6.45, 7) is 2.98. The van der Waals surface area contributed by atoms with Crippen LogP contribution in [-0.4, -0.2) is 57.2 Å². The number of H-pyrrole nitrogens is 2. The van der Waals surface area contributed by atoms with Gasteiger partial charge in [-0.15, -0.1) is 0 Å². The van der Waals surface area contributed by atoms with Gasteiger partial charge in [0.1, 0.15) is 0 Å². The fourth-order valence-electron chi connectivity index (χ4n) is 3.70. The van der Waals surface area contributed by atoms with Gasteiger partial charge < -0.3 is 14.8 Å². The summed E-state index contributed by atoms with van der Waals surface area (Å²) in [6.07, 6.45) is 0.894. The molecule has 1 fully saturated rings. The first-order valence-electron chi connectivity index (χ1n) is 9.22. The van der Waals surface area contributed by atoms with E-state index in [4.69, 9.17) is 0 Å². The van der Waals surface area contributed by atoms with Crippen LogP contribution in [0.5, 0.6) is 0 Å². The average Bonchev–Trinajstić information content (AvgIpc) is 3.24. The van der Waals surface area contributed by atoms with E-state index in [0.29, 0.717) is 12.2 Å². The van der Waals surface area contributed by atoms with Crippen LogP contribution < -0.4 is 4.90 Å². The first-order valence-corrected chi connectivity index (χ1v) is 9.22. The van der Waals surface area contributed by atoms with E-state index in [1.54, 1.807) is 0 Å². The standard InChI is InChI=1S/C20H20N6O/c27-19(18-14-6-1-2-7-15(14)23-24-18)25-10-5-11-26(13-12-25)20-21-16-8-3-4-9-17(16)22-20/h1-4,6-9H,5,10-13H2,(H,21,22)(H,23,24). The smallest absolute Gasteiger partial charge is 0.275 e. The van der Waals surface area contributed by atoms with Crippen molar-refractivity contribution in [2.45, 2.75) is 6.42 Å². The maximum atomic E-state index is 13.0. The van der Waals surface area contributed by atoms with Crippen LogP contribution in [-0.2, 0) is 0 Å². The molecule has 0 spiro atoms. The lowest BCUT2D eigenvalue weighted by atomic mass is 10.2. The number of rotatable bonds is 2. The number of amides is 1. The van der Waals surface area contributed by atoms with Crippen LogP contribution in [0.1, 0.15) is 16.9 Å². The van der Waals surface area contributed by atoms with Gasteiger partial charge in [-0.2, -0.15) is 5.10 Å². The Bertz CT molecular complexity index is 1080. The molecule has 5 rings (SSSR count). The minimum atomic E-state index is -0.0149. The molecule has 2 aromatic carbocycles. The van der Waals surface area contributed by atoms with Crippen molar-refractivity contribution in [1.29, 1.82) is 0 Å². The van der Waals surface area contributed by atoms with Gasteiger partial charge in [-0.1, -0.05) is 30.3 Å². The van der Waals surface area contributed by atoms with Gasteiger partial charge in [-0.05, 0) is 24.6 Å². The molecule has 7 heteroatoms. The van der Waals surface area contributed by atoms with Gasteiger partial charge in [0.25, 0.3) is 5.91 Å². The highest BCUT2D eigenvalue weighted by atomic mass is 16.2. The Labute approximate surface area is 156 Å². The summed E-state index contributed by atoms with van der Waals surface area (Å²) < 4.78 is 0. The lowest BCUT2D eigenvalue weighted by Gasteiger charge is -2.21. The van der Waals surface area contributed by atoms with E-state index in [9.17, 15) is 4.79 Å². The third-order valence-electron chi connectivity index (χ3n) is 5.13. The molecular weight excluding hydrogens is 340 g/mol. The molecule has 0 radical (unpaired) electrons. The Morgan fingerprint density at radius 2 is 1.74 bits per heavy atom. The number of hydrogen-bond donors (Lipinski definition) is 2. The van der Waals surface area contributed by atoms with Crippen LogP contribution >= 0.6 is 0 Å². The summed E-state index contributed by atoms with van der Waals surface area (Å²) in [4.78, 5) is 25.2. The normalized spacial score (nSPS) is 15.4. The van der Waals surface area contributed by atoms with E-state index in [2.05, 4.69) is 25.1 Å². The number of benzene rings is 2. The fraction of sp³-hybridized carbons (Fsp3) is 0.250. The highest BCUT2D eigenvalue weighted by molar-refractivity contribution is 6.04. The molecule has 7 nitrogen and oxygen atoms in total. The Morgan fingerprint density at radius 1 is 0.926 bits per heavy atom. The van der Waals surface area contributed by atoms with Gasteiger partial charge >= 0.3 is 0 Å². The van der Waals surface area contributed by atoms with Crippen molar-refractivity contribution >= 4 is 33.8 Å². The van der Waals surface area contributed by atoms with Crippen LogP contribution in [0.25, 0.3) is 21.9 Å². The molecule has 27 heavy (non-hydrogen) atoms. The van der Waals surface area contributed by atoms with E-state index in [1.165, 1.54) is 0 Å². The number of carbonyl (C=O) groups is 1. The van der Waals surface area contributed by atoms with Crippen molar-refractivity contribution in [2.75, 3.05) is 31.1 Å². The zero-order valence-electron chi connectivity index (χ0n) is 14.9. The van der Waals surface area contributed by atoms with Gasteiger partial charge in [0.15, 0.2) is 5.69 Å². The zero-order chi connectivity index (χ0) is 18.2. The number of nitrogens with zero attached hydrogens (tertiary/aromatic N) is 4. The summed E-state index contributed by atoms with van der Waals surface area (Å²) in [5, 5.41) is 8.08. The summed E-state index contributed by atoms with van der Waals surface area (Å²) in [5.41, 5.74) is 3.39. The molecule has 2 aromatic heterocycles. The maximum absolute atomic E-state index is 13.0. The third-order valence-corrected chi connectivity index (χ3v) is 5.13. The molecule has 0 aliphatic carbocycles. The SMILES string of the molecule is O=C(c1n[nH]c2ccccc12)N1CCCN(c2nc3ccccc3[nH]2)CC1. The monoisotopic (exact) mass is 360 g/mol. The molecule has 0 saturated carbocycles. The molecule has 136 valence electrons. The summed E-state index contributed by atoms with van der Waals surface area (Å²) >= 11 is 0. The van der Waals surface area contributed by atoms with Gasteiger partial charge in [-0.3, -0.25) is 9.89 Å². The summed E-state index contributed by atoms with van der Waals surface area (Å²) in [7, 11) is 0. The summed E-state index contributed by atoms with van der Waals surface area (Å²) in [5.74, 6) is 0.856. The third kappa shape index (κ3) is 2.81. The van der Waals surface area contributed by atoms with E-state index in [0.717, 1.165) is 53.9 Å². The second-order valence-electron chi connectivity index (χ2n) is 6.83. The molecule has 4 aromatic rings. The van der Waals surface area contributed by atoms with E-state index >= 15 is 0 Å². The lowest BCUT2D eigenvalue weighted by molar-refractivity contribution is 0.0763. The molecule has 0 unspecified atom stereocenters. The Balaban J connectivity index is 1.35. The summed E-state index contributed by atoms with van der Waals surface area (Å²) in [6, 6.07) is 15.8. The first-order chi connectivity index (χ1) is 13.3. The van der Waals surface area contributed by atoms with Crippen LogP contribution in [0.3, 0.4) is 0 Å². The molecule has 2 N–H and O–H groups in total.